The van der Waals surface area contributed by atoms with Crippen LogP contribution in [-0.4, -0.2) is 0 Å². The first-order chi connectivity index (χ1) is 4.72. The van der Waals surface area contributed by atoms with Crippen molar-refractivity contribution in [2.45, 2.75) is 27.2 Å². The van der Waals surface area contributed by atoms with Crippen molar-refractivity contribution < 1.29 is 0 Å². The largest absolute Gasteiger partial charge is 0.0840 e. The molecular formula is C10H15Cl. The van der Waals surface area contributed by atoms with E-state index in [0.29, 0.717) is 5.92 Å². The molecule has 0 saturated carbocycles. The Balaban J connectivity index is 0.000001000. The van der Waals surface area contributed by atoms with E-state index in [1.165, 1.54) is 5.56 Å². The lowest BCUT2D eigenvalue weighted by Gasteiger charge is -2.05. The molecule has 0 atom stereocenters. The molecular weight excluding hydrogens is 156 g/mol. The lowest BCUT2D eigenvalue weighted by molar-refractivity contribution is 0.867. The molecule has 1 rings (SSSR count). The molecule has 1 aromatic rings. The third-order valence-corrected chi connectivity index (χ3v) is 1.87. The van der Waals surface area contributed by atoms with Crippen molar-refractivity contribution in [1.82, 2.24) is 0 Å². The molecule has 0 bridgehead atoms. The summed E-state index contributed by atoms with van der Waals surface area (Å²) in [6, 6.07) is 7.96. The number of hydrogen-bond donors (Lipinski definition) is 0. The van der Waals surface area contributed by atoms with Gasteiger partial charge in [-0.2, -0.15) is 0 Å². The number of hydrogen-bond acceptors (Lipinski definition) is 0. The highest BCUT2D eigenvalue weighted by molar-refractivity contribution is 6.31. The molecule has 0 aromatic heterocycles. The third-order valence-electron chi connectivity index (χ3n) is 1.53. The van der Waals surface area contributed by atoms with Crippen LogP contribution in [0.1, 0.15) is 32.8 Å². The summed E-state index contributed by atoms with van der Waals surface area (Å²) in [5.74, 6) is 0.522. The number of benzene rings is 1. The Labute approximate surface area is 74.2 Å². The first-order valence-electron chi connectivity index (χ1n) is 3.46. The van der Waals surface area contributed by atoms with Gasteiger partial charge < -0.3 is 0 Å². The molecule has 0 heterocycles. The molecule has 0 radical (unpaired) electrons. The molecule has 0 aliphatic heterocycles. The van der Waals surface area contributed by atoms with Crippen LogP contribution in [0.15, 0.2) is 24.3 Å². The average Bonchev–Trinajstić information content (AvgIpc) is 1.88. The Morgan fingerprint density at radius 3 is 2.09 bits per heavy atom. The fraction of sp³-hybridized carbons (Fsp3) is 0.400. The second-order valence-electron chi connectivity index (χ2n) is 2.68. The summed E-state index contributed by atoms with van der Waals surface area (Å²) in [5.41, 5.74) is 1.23. The molecule has 0 spiro atoms. The maximum Gasteiger partial charge on any atom is 0.0440 e. The molecule has 0 amide bonds. The van der Waals surface area contributed by atoms with Crippen LogP contribution in [-0.2, 0) is 0 Å². The molecule has 0 aliphatic rings. The fourth-order valence-electron chi connectivity index (χ4n) is 0.943. The zero-order valence-corrected chi connectivity index (χ0v) is 7.02. The van der Waals surface area contributed by atoms with E-state index in [0.717, 1.165) is 5.02 Å². The highest BCUT2D eigenvalue weighted by atomic mass is 35.5. The van der Waals surface area contributed by atoms with Crippen molar-refractivity contribution in [3.8, 4) is 0 Å². The normalized spacial score (nSPS) is 9.45. The smallest absolute Gasteiger partial charge is 0.0440 e. The molecule has 0 saturated heterocycles. The van der Waals surface area contributed by atoms with Gasteiger partial charge in [-0.25, -0.2) is 0 Å². The zero-order chi connectivity index (χ0) is 7.56. The average molecular weight is 171 g/mol. The molecule has 11 heavy (non-hydrogen) atoms. The Hall–Kier alpha value is -0.490. The van der Waals surface area contributed by atoms with Gasteiger partial charge in [0.05, 0.1) is 0 Å². The predicted molar refractivity (Wildman–Crippen MR) is 52.3 cm³/mol. The van der Waals surface area contributed by atoms with Crippen molar-refractivity contribution in [2.75, 3.05) is 0 Å². The van der Waals surface area contributed by atoms with E-state index in [-0.39, 0.29) is 7.43 Å². The Bertz CT molecular complexity index is 216. The summed E-state index contributed by atoms with van der Waals surface area (Å²) in [7, 11) is 0. The van der Waals surface area contributed by atoms with Gasteiger partial charge in [0, 0.05) is 5.02 Å². The van der Waals surface area contributed by atoms with Crippen LogP contribution in [0, 0.1) is 0 Å². The summed E-state index contributed by atoms with van der Waals surface area (Å²) < 4.78 is 0. The van der Waals surface area contributed by atoms with Gasteiger partial charge in [0.15, 0.2) is 0 Å². The highest BCUT2D eigenvalue weighted by Gasteiger charge is 2.01. The molecule has 0 unspecified atom stereocenters. The van der Waals surface area contributed by atoms with E-state index in [4.69, 9.17) is 11.6 Å². The Kier molecular flexibility index (Phi) is 4.20. The minimum absolute atomic E-state index is 0. The van der Waals surface area contributed by atoms with Gasteiger partial charge >= 0.3 is 0 Å². The van der Waals surface area contributed by atoms with Crippen molar-refractivity contribution >= 4 is 11.6 Å². The SMILES string of the molecule is C.CC(C)c1ccccc1Cl. The summed E-state index contributed by atoms with van der Waals surface area (Å²) in [6.45, 7) is 4.28. The van der Waals surface area contributed by atoms with Crippen LogP contribution in [0.5, 0.6) is 0 Å². The van der Waals surface area contributed by atoms with E-state index >= 15 is 0 Å². The van der Waals surface area contributed by atoms with Crippen LogP contribution in [0.3, 0.4) is 0 Å². The predicted octanol–water partition coefficient (Wildman–Crippen LogP) is 4.10. The van der Waals surface area contributed by atoms with Crippen molar-refractivity contribution in [1.29, 1.82) is 0 Å². The van der Waals surface area contributed by atoms with Gasteiger partial charge in [-0.05, 0) is 17.5 Å². The van der Waals surface area contributed by atoms with Gasteiger partial charge in [0.1, 0.15) is 0 Å². The van der Waals surface area contributed by atoms with Crippen LogP contribution < -0.4 is 0 Å². The standard InChI is InChI=1S/C9H11Cl.CH4/c1-7(2)8-5-3-4-6-9(8)10;/h3-7H,1-2H3;1H4. The molecule has 0 N–H and O–H groups in total. The van der Waals surface area contributed by atoms with Crippen molar-refractivity contribution in [3.05, 3.63) is 34.9 Å². The van der Waals surface area contributed by atoms with E-state index in [9.17, 15) is 0 Å². The minimum atomic E-state index is 0. The van der Waals surface area contributed by atoms with Crippen LogP contribution in [0.2, 0.25) is 5.02 Å². The molecule has 0 nitrogen and oxygen atoms in total. The van der Waals surface area contributed by atoms with Gasteiger partial charge in [-0.3, -0.25) is 0 Å². The number of halogens is 1. The molecule has 1 aromatic carbocycles. The molecule has 0 fully saturated rings. The van der Waals surface area contributed by atoms with E-state index in [1.54, 1.807) is 0 Å². The fourth-order valence-corrected chi connectivity index (χ4v) is 1.30. The zero-order valence-electron chi connectivity index (χ0n) is 6.26. The third kappa shape index (κ3) is 2.55. The topological polar surface area (TPSA) is 0 Å². The quantitative estimate of drug-likeness (QED) is 0.596. The summed E-state index contributed by atoms with van der Waals surface area (Å²) in [4.78, 5) is 0. The summed E-state index contributed by atoms with van der Waals surface area (Å²) in [6.07, 6.45) is 0. The first kappa shape index (κ1) is 10.5. The van der Waals surface area contributed by atoms with E-state index < -0.39 is 0 Å². The Morgan fingerprint density at radius 1 is 1.18 bits per heavy atom. The highest BCUT2D eigenvalue weighted by Crippen LogP contribution is 2.22. The maximum atomic E-state index is 5.92. The van der Waals surface area contributed by atoms with E-state index in [1.807, 2.05) is 18.2 Å². The molecule has 0 aliphatic carbocycles. The van der Waals surface area contributed by atoms with Gasteiger partial charge in [0.2, 0.25) is 0 Å². The second kappa shape index (κ2) is 4.40. The van der Waals surface area contributed by atoms with Crippen LogP contribution >= 0.6 is 11.6 Å². The monoisotopic (exact) mass is 170 g/mol. The Morgan fingerprint density at radius 2 is 1.73 bits per heavy atom. The second-order valence-corrected chi connectivity index (χ2v) is 3.08. The summed E-state index contributed by atoms with van der Waals surface area (Å²) in [5, 5.41) is 0.873. The van der Waals surface area contributed by atoms with Crippen molar-refractivity contribution in [2.24, 2.45) is 0 Å². The first-order valence-corrected chi connectivity index (χ1v) is 3.84. The van der Waals surface area contributed by atoms with Gasteiger partial charge in [0.25, 0.3) is 0 Å². The van der Waals surface area contributed by atoms with Crippen LogP contribution in [0.25, 0.3) is 0 Å². The number of rotatable bonds is 1. The molecule has 1 heteroatoms. The van der Waals surface area contributed by atoms with Crippen molar-refractivity contribution in [3.63, 3.8) is 0 Å². The maximum absolute atomic E-state index is 5.92. The van der Waals surface area contributed by atoms with Gasteiger partial charge in [-0.15, -0.1) is 0 Å². The van der Waals surface area contributed by atoms with Gasteiger partial charge in [-0.1, -0.05) is 51.1 Å². The molecule has 62 valence electrons. The lowest BCUT2D eigenvalue weighted by Crippen LogP contribution is -1.86. The van der Waals surface area contributed by atoms with Crippen LogP contribution in [0.4, 0.5) is 0 Å². The van der Waals surface area contributed by atoms with E-state index in [2.05, 4.69) is 19.9 Å². The minimum Gasteiger partial charge on any atom is -0.0840 e. The lowest BCUT2D eigenvalue weighted by atomic mass is 10.0. The summed E-state index contributed by atoms with van der Waals surface area (Å²) >= 11 is 5.92.